The Kier molecular flexibility index (Phi) is 6.13. The smallest absolute Gasteiger partial charge is 0.220 e. The molecule has 1 saturated carbocycles. The largest absolute Gasteiger partial charge is 0.494 e. The van der Waals surface area contributed by atoms with Crippen LogP contribution in [0.2, 0.25) is 0 Å². The van der Waals surface area contributed by atoms with Crippen LogP contribution in [0.3, 0.4) is 0 Å². The van der Waals surface area contributed by atoms with Crippen molar-refractivity contribution in [3.63, 3.8) is 0 Å². The van der Waals surface area contributed by atoms with Crippen molar-refractivity contribution in [2.75, 3.05) is 19.7 Å². The third-order valence-corrected chi connectivity index (χ3v) is 4.97. The van der Waals surface area contributed by atoms with Gasteiger partial charge in [-0.1, -0.05) is 12.1 Å². The molecule has 2 aliphatic rings. The van der Waals surface area contributed by atoms with Crippen LogP contribution in [0.1, 0.15) is 51.0 Å². The van der Waals surface area contributed by atoms with Crippen LogP contribution >= 0.6 is 0 Å². The van der Waals surface area contributed by atoms with Gasteiger partial charge in [-0.15, -0.1) is 0 Å². The number of hydrogen-bond acceptors (Lipinski definition) is 3. The molecule has 4 nitrogen and oxygen atoms in total. The summed E-state index contributed by atoms with van der Waals surface area (Å²) in [7, 11) is 0. The maximum absolute atomic E-state index is 11.9. The summed E-state index contributed by atoms with van der Waals surface area (Å²) in [6.45, 7) is 5.99. The molecule has 0 aromatic heterocycles. The maximum atomic E-state index is 11.9. The third-order valence-electron chi connectivity index (χ3n) is 4.97. The molecule has 1 aliphatic carbocycles. The Morgan fingerprint density at radius 3 is 2.75 bits per heavy atom. The minimum atomic E-state index is 0.251. The Morgan fingerprint density at radius 1 is 1.25 bits per heavy atom. The summed E-state index contributed by atoms with van der Waals surface area (Å²) in [5, 5.41) is 3.10. The van der Waals surface area contributed by atoms with E-state index >= 15 is 0 Å². The Morgan fingerprint density at radius 2 is 2.04 bits per heavy atom. The summed E-state index contributed by atoms with van der Waals surface area (Å²) in [6.07, 6.45) is 6.56. The van der Waals surface area contributed by atoms with Crippen LogP contribution in [0, 0.1) is 5.92 Å². The quantitative estimate of drug-likeness (QED) is 0.795. The van der Waals surface area contributed by atoms with Crippen molar-refractivity contribution < 1.29 is 9.53 Å². The molecule has 1 heterocycles. The van der Waals surface area contributed by atoms with E-state index in [0.717, 1.165) is 31.8 Å². The number of likely N-dealkylation sites (tertiary alicyclic amines) is 1. The first kappa shape index (κ1) is 17.3. The Hall–Kier alpha value is -1.55. The topological polar surface area (TPSA) is 41.6 Å². The van der Waals surface area contributed by atoms with E-state index in [2.05, 4.69) is 34.5 Å². The lowest BCUT2D eigenvalue weighted by atomic mass is 9.93. The summed E-state index contributed by atoms with van der Waals surface area (Å²) >= 11 is 0. The molecule has 3 rings (SSSR count). The fourth-order valence-electron chi connectivity index (χ4n) is 3.51. The van der Waals surface area contributed by atoms with Crippen molar-refractivity contribution in [1.29, 1.82) is 0 Å². The molecule has 132 valence electrons. The summed E-state index contributed by atoms with van der Waals surface area (Å²) in [6, 6.07) is 8.93. The number of carbonyl (C=O) groups excluding carboxylic acids is 1. The molecular formula is C20H30N2O2. The lowest BCUT2D eigenvalue weighted by Crippen LogP contribution is -2.35. The molecule has 1 N–H and O–H groups in total. The van der Waals surface area contributed by atoms with Gasteiger partial charge in [-0.25, -0.2) is 0 Å². The molecule has 4 heteroatoms. The number of nitrogens with zero attached hydrogens (tertiary/aromatic N) is 1. The second-order valence-corrected chi connectivity index (χ2v) is 7.20. The number of amides is 1. The van der Waals surface area contributed by atoms with Gasteiger partial charge in [0.25, 0.3) is 0 Å². The highest BCUT2D eigenvalue weighted by atomic mass is 16.5. The van der Waals surface area contributed by atoms with Crippen LogP contribution in [0.25, 0.3) is 0 Å². The van der Waals surface area contributed by atoms with E-state index in [0.29, 0.717) is 25.0 Å². The van der Waals surface area contributed by atoms with E-state index in [4.69, 9.17) is 4.74 Å². The summed E-state index contributed by atoms with van der Waals surface area (Å²) in [4.78, 5) is 14.4. The standard InChI is InChI=1S/C20H30N2O2/c1-2-24-19-10-5-17(6-11-19)15-22-13-3-4-16(14-22)7-12-20(23)21-18-8-9-18/h5-6,10-11,16,18H,2-4,7-9,12-15H2,1H3,(H,21,23). The fraction of sp³-hybridized carbons (Fsp3) is 0.650. The van der Waals surface area contributed by atoms with Gasteiger partial charge in [-0.3, -0.25) is 9.69 Å². The highest BCUT2D eigenvalue weighted by Crippen LogP contribution is 2.24. The van der Waals surface area contributed by atoms with Crippen LogP contribution < -0.4 is 10.1 Å². The van der Waals surface area contributed by atoms with E-state index in [1.165, 1.54) is 31.2 Å². The summed E-state index contributed by atoms with van der Waals surface area (Å²) in [5.74, 6) is 1.85. The third kappa shape index (κ3) is 5.52. The molecule has 0 bridgehead atoms. The van der Waals surface area contributed by atoms with E-state index in [1.54, 1.807) is 0 Å². The second-order valence-electron chi connectivity index (χ2n) is 7.20. The summed E-state index contributed by atoms with van der Waals surface area (Å²) in [5.41, 5.74) is 1.34. The fourth-order valence-corrected chi connectivity index (χ4v) is 3.51. The van der Waals surface area contributed by atoms with Crippen molar-refractivity contribution in [2.45, 2.75) is 58.0 Å². The number of carbonyl (C=O) groups is 1. The van der Waals surface area contributed by atoms with Gasteiger partial charge in [0.15, 0.2) is 0 Å². The van der Waals surface area contributed by atoms with Gasteiger partial charge < -0.3 is 10.1 Å². The summed E-state index contributed by atoms with van der Waals surface area (Å²) < 4.78 is 5.50. The van der Waals surface area contributed by atoms with Crippen LogP contribution in [0.4, 0.5) is 0 Å². The van der Waals surface area contributed by atoms with Crippen LogP contribution in [0.15, 0.2) is 24.3 Å². The second kappa shape index (κ2) is 8.52. The van der Waals surface area contributed by atoms with Gasteiger partial charge in [0, 0.05) is 25.6 Å². The van der Waals surface area contributed by atoms with Gasteiger partial charge in [0.05, 0.1) is 6.61 Å². The molecule has 1 atom stereocenters. The first-order valence-electron chi connectivity index (χ1n) is 9.46. The molecule has 0 radical (unpaired) electrons. The maximum Gasteiger partial charge on any atom is 0.220 e. The monoisotopic (exact) mass is 330 g/mol. The number of benzene rings is 1. The SMILES string of the molecule is CCOc1ccc(CN2CCCC(CCC(=O)NC3CC3)C2)cc1. The van der Waals surface area contributed by atoms with Gasteiger partial charge >= 0.3 is 0 Å². The van der Waals surface area contributed by atoms with Gasteiger partial charge in [-0.05, 0) is 69.2 Å². The molecule has 1 unspecified atom stereocenters. The normalized spacial score (nSPS) is 21.5. The molecule has 1 aliphatic heterocycles. The first-order valence-corrected chi connectivity index (χ1v) is 9.46. The molecule has 1 aromatic carbocycles. The van der Waals surface area contributed by atoms with Crippen LogP contribution in [0.5, 0.6) is 5.75 Å². The van der Waals surface area contributed by atoms with E-state index < -0.39 is 0 Å². The van der Waals surface area contributed by atoms with Crippen LogP contribution in [-0.2, 0) is 11.3 Å². The predicted octanol–water partition coefficient (Wildman–Crippen LogP) is 3.36. The highest BCUT2D eigenvalue weighted by Gasteiger charge is 2.24. The van der Waals surface area contributed by atoms with E-state index in [1.807, 2.05) is 6.92 Å². The first-order chi connectivity index (χ1) is 11.7. The van der Waals surface area contributed by atoms with Crippen molar-refractivity contribution in [3.05, 3.63) is 29.8 Å². The Bertz CT molecular complexity index is 525. The minimum absolute atomic E-state index is 0.251. The zero-order chi connectivity index (χ0) is 16.8. The zero-order valence-electron chi connectivity index (χ0n) is 14.8. The van der Waals surface area contributed by atoms with Gasteiger partial charge in [0.1, 0.15) is 5.75 Å². The molecule has 1 aromatic rings. The van der Waals surface area contributed by atoms with E-state index in [-0.39, 0.29) is 5.91 Å². The number of ether oxygens (including phenoxy) is 1. The average molecular weight is 330 g/mol. The van der Waals surface area contributed by atoms with Crippen molar-refractivity contribution in [3.8, 4) is 5.75 Å². The van der Waals surface area contributed by atoms with Crippen molar-refractivity contribution in [2.24, 2.45) is 5.92 Å². The molecule has 1 saturated heterocycles. The molecular weight excluding hydrogens is 300 g/mol. The van der Waals surface area contributed by atoms with Gasteiger partial charge in [-0.2, -0.15) is 0 Å². The Labute approximate surface area is 145 Å². The predicted molar refractivity (Wildman–Crippen MR) is 96.0 cm³/mol. The lowest BCUT2D eigenvalue weighted by Gasteiger charge is -2.32. The molecule has 1 amide bonds. The Balaban J connectivity index is 1.41. The average Bonchev–Trinajstić information content (AvgIpc) is 3.39. The number of rotatable bonds is 8. The van der Waals surface area contributed by atoms with Crippen LogP contribution in [-0.4, -0.2) is 36.5 Å². The number of nitrogens with one attached hydrogen (secondary N) is 1. The number of hydrogen-bond donors (Lipinski definition) is 1. The zero-order valence-corrected chi connectivity index (χ0v) is 14.8. The molecule has 0 spiro atoms. The number of piperidine rings is 1. The van der Waals surface area contributed by atoms with Gasteiger partial charge in [0.2, 0.25) is 5.91 Å². The highest BCUT2D eigenvalue weighted by molar-refractivity contribution is 5.76. The minimum Gasteiger partial charge on any atom is -0.494 e. The van der Waals surface area contributed by atoms with E-state index in [9.17, 15) is 4.79 Å². The van der Waals surface area contributed by atoms with Crippen molar-refractivity contribution in [1.82, 2.24) is 10.2 Å². The molecule has 2 fully saturated rings. The van der Waals surface area contributed by atoms with Crippen molar-refractivity contribution >= 4 is 5.91 Å². The molecule has 24 heavy (non-hydrogen) atoms. The lowest BCUT2D eigenvalue weighted by molar-refractivity contribution is -0.121.